The molecule has 1 aliphatic rings. The molecule has 1 aromatic heterocycles. The standard InChI is InChI=1S/C26H27ClF4N4O2/c1-15(21-6-7-33-12-23(21)27)13-35(14-16-8-17(28)10-18(29)9-16)26(37)22(11-32)24(25(30)31)34-19-2-4-20(36)5-3-19/h6-12,19-20,25,32,34,36H,1-5,13-14H2/b24-22+,32-11?. The van der Waals surface area contributed by atoms with E-state index in [0.717, 1.165) is 17.0 Å². The highest BCUT2D eigenvalue weighted by Crippen LogP contribution is 2.26. The zero-order valence-electron chi connectivity index (χ0n) is 19.9. The van der Waals surface area contributed by atoms with Crippen molar-refractivity contribution in [1.29, 1.82) is 5.41 Å². The number of allylic oxidation sites excluding steroid dienone is 1. The summed E-state index contributed by atoms with van der Waals surface area (Å²) in [7, 11) is 0. The second-order valence-electron chi connectivity index (χ2n) is 8.82. The van der Waals surface area contributed by atoms with Gasteiger partial charge in [0.15, 0.2) is 0 Å². The van der Waals surface area contributed by atoms with Crippen LogP contribution < -0.4 is 5.32 Å². The number of aliphatic hydroxyl groups excluding tert-OH is 1. The number of aliphatic hydroxyl groups is 1. The number of carbonyl (C=O) groups is 1. The van der Waals surface area contributed by atoms with Crippen molar-refractivity contribution in [2.75, 3.05) is 6.54 Å². The van der Waals surface area contributed by atoms with E-state index in [-0.39, 0.29) is 23.7 Å². The van der Waals surface area contributed by atoms with Crippen LogP contribution in [0.5, 0.6) is 0 Å². The van der Waals surface area contributed by atoms with E-state index in [9.17, 15) is 27.5 Å². The minimum Gasteiger partial charge on any atom is -0.393 e. The Balaban J connectivity index is 1.97. The van der Waals surface area contributed by atoms with Gasteiger partial charge in [-0.15, -0.1) is 0 Å². The first kappa shape index (κ1) is 28.3. The molecule has 0 spiro atoms. The third kappa shape index (κ3) is 7.62. The van der Waals surface area contributed by atoms with Crippen LogP contribution in [0.3, 0.4) is 0 Å². The summed E-state index contributed by atoms with van der Waals surface area (Å²) in [4.78, 5) is 18.5. The van der Waals surface area contributed by atoms with E-state index >= 15 is 0 Å². The van der Waals surface area contributed by atoms with Crippen LogP contribution in [0.25, 0.3) is 5.57 Å². The van der Waals surface area contributed by atoms with E-state index < -0.39 is 47.4 Å². The molecule has 1 fully saturated rings. The number of halogens is 5. The van der Waals surface area contributed by atoms with Gasteiger partial charge in [-0.25, -0.2) is 17.6 Å². The molecule has 1 aliphatic carbocycles. The quantitative estimate of drug-likeness (QED) is 0.223. The van der Waals surface area contributed by atoms with Crippen molar-refractivity contribution in [3.05, 3.63) is 82.3 Å². The molecule has 6 nitrogen and oxygen atoms in total. The highest BCUT2D eigenvalue weighted by molar-refractivity contribution is 6.32. The van der Waals surface area contributed by atoms with Gasteiger partial charge in [0.2, 0.25) is 0 Å². The summed E-state index contributed by atoms with van der Waals surface area (Å²) in [6.07, 6.45) is 1.45. The summed E-state index contributed by atoms with van der Waals surface area (Å²) >= 11 is 6.19. The molecular weight excluding hydrogens is 512 g/mol. The highest BCUT2D eigenvalue weighted by Gasteiger charge is 2.29. The normalized spacial score (nSPS) is 18.2. The number of pyridine rings is 1. The van der Waals surface area contributed by atoms with Crippen molar-refractivity contribution in [1.82, 2.24) is 15.2 Å². The summed E-state index contributed by atoms with van der Waals surface area (Å²) in [5.41, 5.74) is -0.448. The Bertz CT molecular complexity index is 1160. The van der Waals surface area contributed by atoms with Crippen molar-refractivity contribution < 1.29 is 27.5 Å². The van der Waals surface area contributed by atoms with Gasteiger partial charge in [-0.1, -0.05) is 18.2 Å². The Morgan fingerprint density at radius 1 is 1.24 bits per heavy atom. The van der Waals surface area contributed by atoms with Gasteiger partial charge in [0.05, 0.1) is 22.4 Å². The molecule has 1 heterocycles. The van der Waals surface area contributed by atoms with Crippen molar-refractivity contribution in [3.63, 3.8) is 0 Å². The fourth-order valence-electron chi connectivity index (χ4n) is 4.22. The highest BCUT2D eigenvalue weighted by atomic mass is 35.5. The maximum absolute atomic E-state index is 14.1. The molecule has 1 aromatic carbocycles. The van der Waals surface area contributed by atoms with Gasteiger partial charge < -0.3 is 20.7 Å². The monoisotopic (exact) mass is 538 g/mol. The minimum atomic E-state index is -3.10. The predicted octanol–water partition coefficient (Wildman–Crippen LogP) is 5.12. The van der Waals surface area contributed by atoms with Crippen LogP contribution in [0.1, 0.15) is 36.8 Å². The number of alkyl halides is 2. The molecule has 0 saturated heterocycles. The first-order valence-corrected chi connectivity index (χ1v) is 12.0. The lowest BCUT2D eigenvalue weighted by Crippen LogP contribution is -2.40. The van der Waals surface area contributed by atoms with Crippen LogP contribution in [0.15, 0.2) is 54.5 Å². The lowest BCUT2D eigenvalue weighted by atomic mass is 9.92. The maximum atomic E-state index is 14.1. The smallest absolute Gasteiger partial charge is 0.278 e. The third-order valence-electron chi connectivity index (χ3n) is 6.06. The van der Waals surface area contributed by atoms with Gasteiger partial charge in [0.25, 0.3) is 12.3 Å². The van der Waals surface area contributed by atoms with Crippen LogP contribution in [0.4, 0.5) is 17.6 Å². The lowest BCUT2D eigenvalue weighted by molar-refractivity contribution is -0.126. The van der Waals surface area contributed by atoms with Gasteiger partial charge in [-0.3, -0.25) is 9.78 Å². The zero-order chi connectivity index (χ0) is 27.1. The zero-order valence-corrected chi connectivity index (χ0v) is 20.6. The summed E-state index contributed by atoms with van der Waals surface area (Å²) in [6.45, 7) is 3.36. The largest absolute Gasteiger partial charge is 0.393 e. The average Bonchev–Trinajstić information content (AvgIpc) is 2.84. The van der Waals surface area contributed by atoms with Crippen LogP contribution >= 0.6 is 11.6 Å². The molecule has 11 heteroatoms. The second-order valence-corrected chi connectivity index (χ2v) is 9.23. The number of carbonyl (C=O) groups excluding carboxylic acids is 1. The average molecular weight is 539 g/mol. The molecule has 0 bridgehead atoms. The Morgan fingerprint density at radius 2 is 1.89 bits per heavy atom. The van der Waals surface area contributed by atoms with Gasteiger partial charge in [0.1, 0.15) is 11.6 Å². The summed E-state index contributed by atoms with van der Waals surface area (Å²) in [5.74, 6) is -2.68. The molecule has 2 aromatic rings. The van der Waals surface area contributed by atoms with E-state index in [1.165, 1.54) is 12.4 Å². The Morgan fingerprint density at radius 3 is 2.46 bits per heavy atom. The van der Waals surface area contributed by atoms with Crippen molar-refractivity contribution in [3.8, 4) is 0 Å². The maximum Gasteiger partial charge on any atom is 0.278 e. The second kappa shape index (κ2) is 12.8. The summed E-state index contributed by atoms with van der Waals surface area (Å²) in [5, 5.41) is 20.4. The number of amides is 1. The number of rotatable bonds is 10. The number of hydrogen-bond acceptors (Lipinski definition) is 5. The van der Waals surface area contributed by atoms with Gasteiger partial charge in [0, 0.05) is 49.4 Å². The van der Waals surface area contributed by atoms with Crippen LogP contribution in [0, 0.1) is 17.0 Å². The molecule has 198 valence electrons. The van der Waals surface area contributed by atoms with E-state index in [0.29, 0.717) is 49.1 Å². The number of aromatic nitrogens is 1. The van der Waals surface area contributed by atoms with Crippen molar-refractivity contribution in [2.24, 2.45) is 0 Å². The molecule has 0 unspecified atom stereocenters. The SMILES string of the molecule is C=C(CN(Cc1cc(F)cc(F)c1)C(=O)/C(C=N)=C(/NC1CCC(O)CC1)C(F)F)c1ccncc1Cl. The number of benzene rings is 1. The number of nitrogens with zero attached hydrogens (tertiary/aromatic N) is 2. The topological polar surface area (TPSA) is 89.3 Å². The molecule has 0 aliphatic heterocycles. The molecule has 37 heavy (non-hydrogen) atoms. The first-order chi connectivity index (χ1) is 17.6. The van der Waals surface area contributed by atoms with Crippen molar-refractivity contribution >= 4 is 29.3 Å². The Kier molecular flexibility index (Phi) is 9.82. The molecule has 3 N–H and O–H groups in total. The van der Waals surface area contributed by atoms with Gasteiger partial charge in [-0.05, 0) is 55.0 Å². The van der Waals surface area contributed by atoms with Crippen molar-refractivity contribution in [2.45, 2.75) is 50.8 Å². The molecule has 1 saturated carbocycles. The molecule has 0 radical (unpaired) electrons. The lowest BCUT2D eigenvalue weighted by Gasteiger charge is -2.30. The van der Waals surface area contributed by atoms with E-state index in [1.54, 1.807) is 6.07 Å². The Hall–Kier alpha value is -3.24. The molecule has 0 atom stereocenters. The fourth-order valence-corrected chi connectivity index (χ4v) is 4.48. The summed E-state index contributed by atoms with van der Waals surface area (Å²) < 4.78 is 55.9. The molecule has 3 rings (SSSR count). The third-order valence-corrected chi connectivity index (χ3v) is 6.36. The van der Waals surface area contributed by atoms with Crippen LogP contribution in [-0.2, 0) is 11.3 Å². The van der Waals surface area contributed by atoms with E-state index in [4.69, 9.17) is 17.0 Å². The minimum absolute atomic E-state index is 0.0802. The van der Waals surface area contributed by atoms with Gasteiger partial charge >= 0.3 is 0 Å². The first-order valence-electron chi connectivity index (χ1n) is 11.6. The molecule has 1 amide bonds. The van der Waals surface area contributed by atoms with Crippen LogP contribution in [0.2, 0.25) is 5.02 Å². The van der Waals surface area contributed by atoms with Gasteiger partial charge in [-0.2, -0.15) is 0 Å². The predicted molar refractivity (Wildman–Crippen MR) is 133 cm³/mol. The summed E-state index contributed by atoms with van der Waals surface area (Å²) in [6, 6.07) is 3.88. The number of nitrogens with one attached hydrogen (secondary N) is 2. The molecular formula is C26H27ClF4N4O2. The number of hydrogen-bond donors (Lipinski definition) is 3. The fraction of sp³-hybridized carbons (Fsp3) is 0.346. The Labute approximate surface area is 217 Å². The van der Waals surface area contributed by atoms with E-state index in [1.807, 2.05) is 0 Å². The van der Waals surface area contributed by atoms with E-state index in [2.05, 4.69) is 16.9 Å². The van der Waals surface area contributed by atoms with Crippen LogP contribution in [-0.4, -0.2) is 52.2 Å².